The molecular weight excluding hydrogens is 535 g/mol. The Morgan fingerprint density at radius 3 is 2.54 bits per heavy atom. The van der Waals surface area contributed by atoms with E-state index >= 15 is 0 Å². The van der Waals surface area contributed by atoms with Gasteiger partial charge in [-0.15, -0.1) is 11.3 Å². The number of halogens is 1. The molecule has 3 aliphatic heterocycles. The molecule has 2 aromatic rings. The van der Waals surface area contributed by atoms with Crippen LogP contribution in [-0.2, 0) is 14.9 Å². The van der Waals surface area contributed by atoms with E-state index in [1.165, 1.54) is 18.5 Å². The molecule has 220 valence electrons. The summed E-state index contributed by atoms with van der Waals surface area (Å²) in [4.78, 5) is 20.9. The largest absolute Gasteiger partial charge is 0.469 e. The highest BCUT2D eigenvalue weighted by Gasteiger charge is 2.53. The molecule has 1 aromatic carbocycles. The Hall–Kier alpha value is -2.47. The Morgan fingerprint density at radius 2 is 1.88 bits per heavy atom. The maximum Gasteiger partial charge on any atom is 0.305 e. The Bertz CT molecular complexity index is 1240. The van der Waals surface area contributed by atoms with Gasteiger partial charge in [0.15, 0.2) is 0 Å². The fourth-order valence-corrected chi connectivity index (χ4v) is 9.27. The monoisotopic (exact) mass is 578 g/mol. The number of thiophene rings is 1. The van der Waals surface area contributed by atoms with Crippen molar-refractivity contribution in [3.63, 3.8) is 0 Å². The first kappa shape index (κ1) is 28.6. The maximum absolute atomic E-state index is 14.9. The van der Waals surface area contributed by atoms with E-state index < -0.39 is 0 Å². The number of nitriles is 1. The fraction of sp³-hybridized carbons (Fsp3) is 0.636. The zero-order valence-electron chi connectivity index (χ0n) is 24.3. The molecule has 1 aliphatic carbocycles. The number of carbonyl (C=O) groups is 1. The Labute approximate surface area is 248 Å². The van der Waals surface area contributed by atoms with Gasteiger partial charge in [-0.3, -0.25) is 4.79 Å². The van der Waals surface area contributed by atoms with Crippen LogP contribution in [-0.4, -0.2) is 75.2 Å². The number of carbonyl (C=O) groups excluding carboxylic acids is 1. The summed E-state index contributed by atoms with van der Waals surface area (Å²) in [5.41, 5.74) is 0.987. The number of rotatable bonds is 10. The molecule has 1 aromatic heterocycles. The molecule has 0 amide bonds. The van der Waals surface area contributed by atoms with E-state index in [-0.39, 0.29) is 23.1 Å². The van der Waals surface area contributed by atoms with Gasteiger partial charge in [0.05, 0.1) is 12.1 Å². The van der Waals surface area contributed by atoms with E-state index in [0.29, 0.717) is 24.2 Å². The lowest BCUT2D eigenvalue weighted by atomic mass is 9.56. The molecule has 0 unspecified atom stereocenters. The third kappa shape index (κ3) is 5.91. The number of anilines is 1. The number of hydrogen-bond acceptors (Lipinski definition) is 7. The normalized spacial score (nSPS) is 25.7. The van der Waals surface area contributed by atoms with Crippen LogP contribution in [0.15, 0.2) is 36.4 Å². The summed E-state index contributed by atoms with van der Waals surface area (Å²) >= 11 is 1.59. The Kier molecular flexibility index (Phi) is 8.67. The van der Waals surface area contributed by atoms with Gasteiger partial charge >= 0.3 is 5.97 Å². The summed E-state index contributed by atoms with van der Waals surface area (Å²) in [7, 11) is 1.49. The van der Waals surface area contributed by atoms with Crippen molar-refractivity contribution < 1.29 is 13.9 Å². The first-order valence-electron chi connectivity index (χ1n) is 15.5. The number of nitrogens with zero attached hydrogens (tertiary/aromatic N) is 4. The zero-order valence-corrected chi connectivity index (χ0v) is 25.1. The van der Waals surface area contributed by atoms with Crippen molar-refractivity contribution in [2.45, 2.75) is 50.4 Å². The van der Waals surface area contributed by atoms with E-state index in [4.69, 9.17) is 10.00 Å². The molecule has 0 bridgehead atoms. The Morgan fingerprint density at radius 1 is 1.07 bits per heavy atom. The number of ether oxygens (including phenoxy) is 1. The predicted octanol–water partition coefficient (Wildman–Crippen LogP) is 5.53. The van der Waals surface area contributed by atoms with Crippen molar-refractivity contribution >= 4 is 22.3 Å². The number of piperidine rings is 1. The second kappa shape index (κ2) is 12.4. The summed E-state index contributed by atoms with van der Waals surface area (Å²) in [6.07, 6.45) is 7.19. The standard InChI is InChI=1S/C33H43FN4O2S/c1-40-32(39)17-25-5-2-8-30(25)33(23-37-13-4-14-37,27-6-3-7-28(34)18-27)26-11-15-36(16-12-26)20-24-21-38(22-24)31-10-9-29(19-35)41-31/h3,6-7,9-10,18,24-26,30H,2,4-5,8,11-17,20-23H2,1H3/t25-,30+,33+/m1/s1. The molecule has 41 heavy (non-hydrogen) atoms. The van der Waals surface area contributed by atoms with Crippen LogP contribution in [0.1, 0.15) is 55.4 Å². The molecule has 6 rings (SSSR count). The number of benzene rings is 1. The van der Waals surface area contributed by atoms with Gasteiger partial charge in [-0.2, -0.15) is 5.26 Å². The first-order chi connectivity index (χ1) is 20.0. The molecule has 4 heterocycles. The predicted molar refractivity (Wildman–Crippen MR) is 160 cm³/mol. The number of methoxy groups -OCH3 is 1. The van der Waals surface area contributed by atoms with Gasteiger partial charge in [-0.05, 0) is 106 Å². The average molecular weight is 579 g/mol. The molecule has 4 aliphatic rings. The molecule has 0 spiro atoms. The average Bonchev–Trinajstić information content (AvgIpc) is 3.61. The van der Waals surface area contributed by atoms with Crippen LogP contribution in [0.5, 0.6) is 0 Å². The van der Waals surface area contributed by atoms with E-state index in [2.05, 4.69) is 32.9 Å². The van der Waals surface area contributed by atoms with Crippen LogP contribution in [0.3, 0.4) is 0 Å². The smallest absolute Gasteiger partial charge is 0.305 e. The summed E-state index contributed by atoms with van der Waals surface area (Å²) in [5, 5.41) is 10.4. The molecule has 6 nitrogen and oxygen atoms in total. The second-order valence-electron chi connectivity index (χ2n) is 12.9. The van der Waals surface area contributed by atoms with Crippen molar-refractivity contribution in [3.8, 4) is 6.07 Å². The minimum Gasteiger partial charge on any atom is -0.469 e. The lowest BCUT2D eigenvalue weighted by Gasteiger charge is -2.54. The third-order valence-corrected chi connectivity index (χ3v) is 11.6. The minimum absolute atomic E-state index is 0.116. The molecule has 0 radical (unpaired) electrons. The first-order valence-corrected chi connectivity index (χ1v) is 16.3. The lowest BCUT2D eigenvalue weighted by Crippen LogP contribution is -2.58. The molecular formula is C33H43FN4O2S. The van der Waals surface area contributed by atoms with Crippen molar-refractivity contribution in [2.75, 3.05) is 64.4 Å². The summed E-state index contributed by atoms with van der Waals surface area (Å²) in [5.74, 6) is 1.48. The SMILES string of the molecule is COC(=O)C[C@H]1CCC[C@@H]1[C@](CN1CCC1)(c1cccc(F)c1)C1CCN(CC2CN(c3ccc(C#N)s3)C2)CC1. The van der Waals surface area contributed by atoms with Gasteiger partial charge in [-0.25, -0.2) is 4.39 Å². The minimum atomic E-state index is -0.158. The van der Waals surface area contributed by atoms with Crippen molar-refractivity contribution in [1.29, 1.82) is 5.26 Å². The van der Waals surface area contributed by atoms with Gasteiger partial charge in [0.2, 0.25) is 0 Å². The molecule has 0 N–H and O–H groups in total. The van der Waals surface area contributed by atoms with Crippen molar-refractivity contribution in [2.24, 2.45) is 23.7 Å². The molecule has 3 atom stereocenters. The molecule has 1 saturated carbocycles. The lowest BCUT2D eigenvalue weighted by molar-refractivity contribution is -0.142. The van der Waals surface area contributed by atoms with E-state index in [1.807, 2.05) is 18.2 Å². The van der Waals surface area contributed by atoms with Gasteiger partial charge in [0.1, 0.15) is 16.8 Å². The van der Waals surface area contributed by atoms with Crippen LogP contribution in [0.2, 0.25) is 0 Å². The molecule has 4 fully saturated rings. The van der Waals surface area contributed by atoms with Crippen LogP contribution in [0.25, 0.3) is 0 Å². The number of hydrogen-bond donors (Lipinski definition) is 0. The second-order valence-corrected chi connectivity index (χ2v) is 13.9. The van der Waals surface area contributed by atoms with Gasteiger partial charge in [0, 0.05) is 43.9 Å². The number of likely N-dealkylation sites (tertiary alicyclic amines) is 2. The maximum atomic E-state index is 14.9. The third-order valence-electron chi connectivity index (χ3n) is 10.6. The zero-order chi connectivity index (χ0) is 28.4. The highest BCUT2D eigenvalue weighted by Crippen LogP contribution is 2.54. The summed E-state index contributed by atoms with van der Waals surface area (Å²) in [6.45, 7) is 8.58. The van der Waals surface area contributed by atoms with Crippen molar-refractivity contribution in [3.05, 3.63) is 52.7 Å². The van der Waals surface area contributed by atoms with Crippen LogP contribution in [0, 0.1) is 40.8 Å². The summed E-state index contributed by atoms with van der Waals surface area (Å²) < 4.78 is 20.0. The van der Waals surface area contributed by atoms with Gasteiger partial charge < -0.3 is 19.4 Å². The van der Waals surface area contributed by atoms with Crippen molar-refractivity contribution in [1.82, 2.24) is 9.80 Å². The van der Waals surface area contributed by atoms with E-state index in [1.54, 1.807) is 17.4 Å². The van der Waals surface area contributed by atoms with Crippen LogP contribution >= 0.6 is 11.3 Å². The number of esters is 1. The molecule has 3 saturated heterocycles. The van der Waals surface area contributed by atoms with E-state index in [0.717, 1.165) is 94.9 Å². The van der Waals surface area contributed by atoms with Crippen LogP contribution in [0.4, 0.5) is 9.39 Å². The highest BCUT2D eigenvalue weighted by atomic mass is 32.1. The fourth-order valence-electron chi connectivity index (χ4n) is 8.45. The van der Waals surface area contributed by atoms with E-state index in [9.17, 15) is 9.18 Å². The topological polar surface area (TPSA) is 59.8 Å². The quantitative estimate of drug-likeness (QED) is 0.346. The summed E-state index contributed by atoms with van der Waals surface area (Å²) in [6, 6.07) is 13.7. The molecule has 8 heteroatoms. The van der Waals surface area contributed by atoms with Crippen LogP contribution < -0.4 is 4.90 Å². The highest BCUT2D eigenvalue weighted by molar-refractivity contribution is 7.16. The van der Waals surface area contributed by atoms with Gasteiger partial charge in [-0.1, -0.05) is 18.6 Å². The Balaban J connectivity index is 1.19. The van der Waals surface area contributed by atoms with Gasteiger partial charge in [0.25, 0.3) is 0 Å².